The summed E-state index contributed by atoms with van der Waals surface area (Å²) in [4.78, 5) is 4.61. The summed E-state index contributed by atoms with van der Waals surface area (Å²) in [5.41, 5.74) is 3.90. The molecule has 0 fully saturated rings. The first kappa shape index (κ1) is 10.4. The van der Waals surface area contributed by atoms with Crippen molar-refractivity contribution in [1.29, 1.82) is 0 Å². The Bertz CT molecular complexity index is 386. The normalized spacial score (nSPS) is 15.0. The lowest BCUT2D eigenvalue weighted by Gasteiger charge is -2.20. The summed E-state index contributed by atoms with van der Waals surface area (Å²) >= 11 is 0. The van der Waals surface area contributed by atoms with Gasteiger partial charge >= 0.3 is 0 Å². The Labute approximate surface area is 91.4 Å². The molecule has 2 heteroatoms. The molecule has 1 aromatic carbocycles. The number of rotatable bonds is 2. The van der Waals surface area contributed by atoms with Crippen LogP contribution in [0.3, 0.4) is 0 Å². The molecule has 1 aromatic rings. The van der Waals surface area contributed by atoms with Gasteiger partial charge in [0.15, 0.2) is 0 Å². The minimum absolute atomic E-state index is 0.164. The average Bonchev–Trinajstić information content (AvgIpc) is 2.56. The van der Waals surface area contributed by atoms with E-state index in [0.29, 0.717) is 0 Å². The Morgan fingerprint density at radius 3 is 2.67 bits per heavy atom. The van der Waals surface area contributed by atoms with Crippen molar-refractivity contribution in [3.63, 3.8) is 0 Å². The van der Waals surface area contributed by atoms with Crippen molar-refractivity contribution >= 4 is 11.4 Å². The molecule has 0 aliphatic carbocycles. The van der Waals surface area contributed by atoms with E-state index in [0.717, 1.165) is 18.7 Å². The second-order valence-corrected chi connectivity index (χ2v) is 5.09. The number of fused-ring (bicyclic) bond motifs is 1. The molecule has 80 valence electrons. The molecule has 0 aromatic heterocycles. The Morgan fingerprint density at radius 1 is 1.27 bits per heavy atom. The Morgan fingerprint density at radius 2 is 2.00 bits per heavy atom. The zero-order valence-corrected chi connectivity index (χ0v) is 9.67. The van der Waals surface area contributed by atoms with Crippen LogP contribution in [0, 0.1) is 0 Å². The van der Waals surface area contributed by atoms with Gasteiger partial charge in [-0.2, -0.15) is 0 Å². The SMILES string of the molecule is CC(C)(C)NCC1=Nc2ccccc2C1. The van der Waals surface area contributed by atoms with Crippen LogP contribution in [0.15, 0.2) is 29.3 Å². The Hall–Kier alpha value is -1.15. The van der Waals surface area contributed by atoms with E-state index >= 15 is 0 Å². The number of benzene rings is 1. The predicted molar refractivity (Wildman–Crippen MR) is 65.0 cm³/mol. The first-order chi connectivity index (χ1) is 7.04. The number of hydrogen-bond donors (Lipinski definition) is 1. The fourth-order valence-electron chi connectivity index (χ4n) is 1.67. The quantitative estimate of drug-likeness (QED) is 0.783. The third kappa shape index (κ3) is 2.66. The number of hydrogen-bond acceptors (Lipinski definition) is 2. The second kappa shape index (κ2) is 3.78. The van der Waals surface area contributed by atoms with Crippen LogP contribution in [0.25, 0.3) is 0 Å². The first-order valence-electron chi connectivity index (χ1n) is 5.44. The van der Waals surface area contributed by atoms with E-state index in [1.54, 1.807) is 0 Å². The van der Waals surface area contributed by atoms with E-state index < -0.39 is 0 Å². The fourth-order valence-corrected chi connectivity index (χ4v) is 1.67. The van der Waals surface area contributed by atoms with Crippen LogP contribution in [-0.2, 0) is 6.42 Å². The monoisotopic (exact) mass is 202 g/mol. The van der Waals surface area contributed by atoms with Gasteiger partial charge in [-0.05, 0) is 32.4 Å². The molecule has 2 rings (SSSR count). The van der Waals surface area contributed by atoms with E-state index in [1.807, 2.05) is 6.07 Å². The highest BCUT2D eigenvalue weighted by molar-refractivity contribution is 5.95. The van der Waals surface area contributed by atoms with Gasteiger partial charge < -0.3 is 5.32 Å². The van der Waals surface area contributed by atoms with Gasteiger partial charge in [0.1, 0.15) is 0 Å². The van der Waals surface area contributed by atoms with E-state index in [-0.39, 0.29) is 5.54 Å². The van der Waals surface area contributed by atoms with Crippen LogP contribution in [0.5, 0.6) is 0 Å². The average molecular weight is 202 g/mol. The highest BCUT2D eigenvalue weighted by Gasteiger charge is 2.15. The van der Waals surface area contributed by atoms with E-state index in [1.165, 1.54) is 11.3 Å². The molecular formula is C13H18N2. The van der Waals surface area contributed by atoms with Gasteiger partial charge in [-0.3, -0.25) is 4.99 Å². The lowest BCUT2D eigenvalue weighted by molar-refractivity contribution is 0.454. The van der Waals surface area contributed by atoms with Crippen LogP contribution < -0.4 is 5.32 Å². The summed E-state index contributed by atoms with van der Waals surface area (Å²) in [6.07, 6.45) is 0.999. The van der Waals surface area contributed by atoms with Gasteiger partial charge in [0.25, 0.3) is 0 Å². The summed E-state index contributed by atoms with van der Waals surface area (Å²) in [5, 5.41) is 3.47. The van der Waals surface area contributed by atoms with Crippen LogP contribution in [0.1, 0.15) is 26.3 Å². The third-order valence-corrected chi connectivity index (χ3v) is 2.49. The zero-order valence-electron chi connectivity index (χ0n) is 9.67. The number of para-hydroxylation sites is 1. The molecule has 0 bridgehead atoms. The lowest BCUT2D eigenvalue weighted by Crippen LogP contribution is -2.39. The van der Waals surface area contributed by atoms with Gasteiger partial charge in [0.2, 0.25) is 0 Å². The van der Waals surface area contributed by atoms with Crippen molar-refractivity contribution in [3.8, 4) is 0 Å². The topological polar surface area (TPSA) is 24.4 Å². The Kier molecular flexibility index (Phi) is 2.61. The van der Waals surface area contributed by atoms with E-state index in [9.17, 15) is 0 Å². The second-order valence-electron chi connectivity index (χ2n) is 5.09. The minimum atomic E-state index is 0.164. The van der Waals surface area contributed by atoms with Crippen molar-refractivity contribution < 1.29 is 0 Å². The summed E-state index contributed by atoms with van der Waals surface area (Å²) in [6.45, 7) is 7.42. The van der Waals surface area contributed by atoms with Gasteiger partial charge in [-0.25, -0.2) is 0 Å². The van der Waals surface area contributed by atoms with Crippen LogP contribution in [0.4, 0.5) is 5.69 Å². The van der Waals surface area contributed by atoms with Crippen molar-refractivity contribution in [2.45, 2.75) is 32.7 Å². The zero-order chi connectivity index (χ0) is 10.9. The molecule has 2 nitrogen and oxygen atoms in total. The standard InChI is InChI=1S/C13H18N2/c1-13(2,3)14-9-11-8-10-6-4-5-7-12(10)15-11/h4-7,14H,8-9H2,1-3H3. The lowest BCUT2D eigenvalue weighted by atomic mass is 10.1. The fraction of sp³-hybridized carbons (Fsp3) is 0.462. The van der Waals surface area contributed by atoms with E-state index in [4.69, 9.17) is 0 Å². The molecule has 0 atom stereocenters. The Balaban J connectivity index is 2.00. The molecule has 1 aliphatic rings. The minimum Gasteiger partial charge on any atom is -0.307 e. The van der Waals surface area contributed by atoms with Gasteiger partial charge in [0.05, 0.1) is 5.69 Å². The summed E-state index contributed by atoms with van der Waals surface area (Å²) in [5.74, 6) is 0. The summed E-state index contributed by atoms with van der Waals surface area (Å²) < 4.78 is 0. The van der Waals surface area contributed by atoms with Crippen molar-refractivity contribution in [3.05, 3.63) is 29.8 Å². The molecule has 0 saturated carbocycles. The molecule has 1 aliphatic heterocycles. The molecular weight excluding hydrogens is 184 g/mol. The molecule has 1 N–H and O–H groups in total. The molecule has 0 amide bonds. The van der Waals surface area contributed by atoms with Crippen LogP contribution in [-0.4, -0.2) is 17.8 Å². The molecule has 0 saturated heterocycles. The molecule has 0 unspecified atom stereocenters. The van der Waals surface area contributed by atoms with Gasteiger partial charge in [-0.15, -0.1) is 0 Å². The maximum Gasteiger partial charge on any atom is 0.0665 e. The van der Waals surface area contributed by atoms with Crippen LogP contribution in [0.2, 0.25) is 0 Å². The van der Waals surface area contributed by atoms with Crippen molar-refractivity contribution in [1.82, 2.24) is 5.32 Å². The molecule has 1 heterocycles. The summed E-state index contributed by atoms with van der Waals surface area (Å²) in [7, 11) is 0. The highest BCUT2D eigenvalue weighted by atomic mass is 15.0. The largest absolute Gasteiger partial charge is 0.307 e. The first-order valence-corrected chi connectivity index (χ1v) is 5.44. The molecule has 15 heavy (non-hydrogen) atoms. The van der Waals surface area contributed by atoms with Crippen molar-refractivity contribution in [2.75, 3.05) is 6.54 Å². The maximum absolute atomic E-state index is 4.61. The predicted octanol–water partition coefficient (Wildman–Crippen LogP) is 2.70. The molecule has 0 radical (unpaired) electrons. The smallest absolute Gasteiger partial charge is 0.0665 e. The summed E-state index contributed by atoms with van der Waals surface area (Å²) in [6, 6.07) is 8.36. The number of nitrogens with zero attached hydrogens (tertiary/aromatic N) is 1. The van der Waals surface area contributed by atoms with Gasteiger partial charge in [-0.1, -0.05) is 18.2 Å². The van der Waals surface area contributed by atoms with Crippen molar-refractivity contribution in [2.24, 2.45) is 4.99 Å². The highest BCUT2D eigenvalue weighted by Crippen LogP contribution is 2.25. The number of aliphatic imine (C=N–C) groups is 1. The molecule has 0 spiro atoms. The maximum atomic E-state index is 4.61. The van der Waals surface area contributed by atoms with Gasteiger partial charge in [0, 0.05) is 24.2 Å². The van der Waals surface area contributed by atoms with Crippen LogP contribution >= 0.6 is 0 Å². The number of nitrogens with one attached hydrogen (secondary N) is 1. The third-order valence-electron chi connectivity index (χ3n) is 2.49. The van der Waals surface area contributed by atoms with E-state index in [2.05, 4.69) is 49.3 Å².